The summed E-state index contributed by atoms with van der Waals surface area (Å²) in [5.41, 5.74) is 0.501. The molecule has 1 saturated heterocycles. The predicted molar refractivity (Wildman–Crippen MR) is 72.1 cm³/mol. The van der Waals surface area contributed by atoms with E-state index in [0.29, 0.717) is 23.5 Å². The highest BCUT2D eigenvalue weighted by Gasteiger charge is 2.19. The molecule has 2 aromatic rings. The van der Waals surface area contributed by atoms with Gasteiger partial charge in [0.25, 0.3) is 0 Å². The minimum atomic E-state index is -0.147. The van der Waals surface area contributed by atoms with Crippen molar-refractivity contribution in [1.82, 2.24) is 25.5 Å². The summed E-state index contributed by atoms with van der Waals surface area (Å²) in [6.45, 7) is 4.82. The SMILES string of the molecule is C[C@H]1CN(c2n[nH]c(-c3cccc(=O)[nH]3)n2)CCN1. The van der Waals surface area contributed by atoms with Crippen molar-refractivity contribution in [2.75, 3.05) is 24.5 Å². The normalized spacial score (nSPS) is 19.6. The Morgan fingerprint density at radius 1 is 1.42 bits per heavy atom. The Morgan fingerprint density at radius 2 is 2.32 bits per heavy atom. The first kappa shape index (κ1) is 11.9. The van der Waals surface area contributed by atoms with Crippen LogP contribution in [0.15, 0.2) is 23.0 Å². The molecule has 3 N–H and O–H groups in total. The molecule has 0 saturated carbocycles. The molecule has 1 fully saturated rings. The second-order valence-corrected chi connectivity index (χ2v) is 4.71. The molecule has 0 bridgehead atoms. The Morgan fingerprint density at radius 3 is 3.11 bits per heavy atom. The Hall–Kier alpha value is -2.15. The molecule has 0 radical (unpaired) electrons. The van der Waals surface area contributed by atoms with Gasteiger partial charge in [-0.25, -0.2) is 0 Å². The molecule has 0 aliphatic carbocycles. The van der Waals surface area contributed by atoms with Crippen LogP contribution in [0.1, 0.15) is 6.92 Å². The fraction of sp³-hybridized carbons (Fsp3) is 0.417. The molecule has 0 amide bonds. The smallest absolute Gasteiger partial charge is 0.248 e. The van der Waals surface area contributed by atoms with Crippen LogP contribution in [-0.2, 0) is 0 Å². The van der Waals surface area contributed by atoms with Gasteiger partial charge in [0.15, 0.2) is 5.82 Å². The van der Waals surface area contributed by atoms with E-state index in [2.05, 4.69) is 37.3 Å². The van der Waals surface area contributed by atoms with Crippen LogP contribution in [-0.4, -0.2) is 45.8 Å². The number of hydrogen-bond donors (Lipinski definition) is 3. The van der Waals surface area contributed by atoms with Crippen LogP contribution in [0.2, 0.25) is 0 Å². The molecule has 1 aliphatic rings. The topological polar surface area (TPSA) is 89.7 Å². The molecule has 3 rings (SSSR count). The van der Waals surface area contributed by atoms with Gasteiger partial charge in [0.2, 0.25) is 11.5 Å². The molecular formula is C12H16N6O. The molecule has 7 nitrogen and oxygen atoms in total. The van der Waals surface area contributed by atoms with Crippen molar-refractivity contribution in [3.05, 3.63) is 28.6 Å². The minimum absolute atomic E-state index is 0.147. The minimum Gasteiger partial charge on any atom is -0.337 e. The molecule has 2 aromatic heterocycles. The van der Waals surface area contributed by atoms with Crippen molar-refractivity contribution in [2.45, 2.75) is 13.0 Å². The maximum Gasteiger partial charge on any atom is 0.248 e. The summed E-state index contributed by atoms with van der Waals surface area (Å²) < 4.78 is 0. The number of aromatic nitrogens is 4. The van der Waals surface area contributed by atoms with Gasteiger partial charge in [0.1, 0.15) is 0 Å². The number of anilines is 1. The predicted octanol–water partition coefficient (Wildman–Crippen LogP) is -0.0419. The lowest BCUT2D eigenvalue weighted by Crippen LogP contribution is -2.49. The summed E-state index contributed by atoms with van der Waals surface area (Å²) in [4.78, 5) is 20.6. The fourth-order valence-electron chi connectivity index (χ4n) is 2.21. The van der Waals surface area contributed by atoms with Gasteiger partial charge in [-0.05, 0) is 13.0 Å². The lowest BCUT2D eigenvalue weighted by atomic mass is 10.2. The monoisotopic (exact) mass is 260 g/mol. The zero-order valence-electron chi connectivity index (χ0n) is 10.7. The van der Waals surface area contributed by atoms with Crippen LogP contribution in [0.25, 0.3) is 11.5 Å². The van der Waals surface area contributed by atoms with Crippen LogP contribution in [0.3, 0.4) is 0 Å². The second kappa shape index (κ2) is 4.85. The average Bonchev–Trinajstić information content (AvgIpc) is 2.88. The van der Waals surface area contributed by atoms with Gasteiger partial charge >= 0.3 is 0 Å². The first-order chi connectivity index (χ1) is 9.22. The number of piperazine rings is 1. The van der Waals surface area contributed by atoms with E-state index < -0.39 is 0 Å². The molecule has 1 atom stereocenters. The Balaban J connectivity index is 1.85. The highest BCUT2D eigenvalue weighted by atomic mass is 16.1. The summed E-state index contributed by atoms with van der Waals surface area (Å²) in [6, 6.07) is 5.39. The molecule has 0 spiro atoms. The van der Waals surface area contributed by atoms with Crippen molar-refractivity contribution in [3.63, 3.8) is 0 Å². The van der Waals surface area contributed by atoms with E-state index in [1.807, 2.05) is 0 Å². The summed E-state index contributed by atoms with van der Waals surface area (Å²) in [5, 5.41) is 10.5. The Kier molecular flexibility index (Phi) is 3.04. The lowest BCUT2D eigenvalue weighted by Gasteiger charge is -2.30. The average molecular weight is 260 g/mol. The third-order valence-electron chi connectivity index (χ3n) is 3.15. The van der Waals surface area contributed by atoms with E-state index in [9.17, 15) is 4.79 Å². The van der Waals surface area contributed by atoms with E-state index in [1.165, 1.54) is 6.07 Å². The maximum absolute atomic E-state index is 11.3. The number of nitrogens with one attached hydrogen (secondary N) is 3. The van der Waals surface area contributed by atoms with Crippen LogP contribution in [0, 0.1) is 0 Å². The fourth-order valence-corrected chi connectivity index (χ4v) is 2.21. The van der Waals surface area contributed by atoms with Gasteiger partial charge in [-0.15, -0.1) is 5.10 Å². The van der Waals surface area contributed by atoms with Crippen molar-refractivity contribution in [2.24, 2.45) is 0 Å². The third kappa shape index (κ3) is 2.50. The van der Waals surface area contributed by atoms with E-state index in [1.54, 1.807) is 12.1 Å². The van der Waals surface area contributed by atoms with Crippen molar-refractivity contribution in [1.29, 1.82) is 0 Å². The second-order valence-electron chi connectivity index (χ2n) is 4.71. The number of aromatic amines is 2. The highest BCUT2D eigenvalue weighted by Crippen LogP contribution is 2.15. The summed E-state index contributed by atoms with van der Waals surface area (Å²) in [6.07, 6.45) is 0. The molecule has 3 heterocycles. The zero-order valence-corrected chi connectivity index (χ0v) is 10.7. The lowest BCUT2D eigenvalue weighted by molar-refractivity contribution is 0.480. The number of hydrogen-bond acceptors (Lipinski definition) is 5. The molecular weight excluding hydrogens is 244 g/mol. The van der Waals surface area contributed by atoms with Gasteiger partial charge in [0, 0.05) is 31.7 Å². The van der Waals surface area contributed by atoms with Crippen molar-refractivity contribution >= 4 is 5.95 Å². The molecule has 7 heteroatoms. The standard InChI is InChI=1S/C12H16N6O/c1-8-7-18(6-5-13-8)12-15-11(16-17-12)9-3-2-4-10(19)14-9/h2-4,8,13H,5-7H2,1H3,(H,14,19)(H,15,16,17)/t8-/m0/s1. The van der Waals surface area contributed by atoms with Crippen LogP contribution in [0.5, 0.6) is 0 Å². The largest absolute Gasteiger partial charge is 0.337 e. The van der Waals surface area contributed by atoms with Gasteiger partial charge in [0.05, 0.1) is 5.69 Å². The van der Waals surface area contributed by atoms with E-state index in [4.69, 9.17) is 0 Å². The van der Waals surface area contributed by atoms with Crippen molar-refractivity contribution < 1.29 is 0 Å². The molecule has 100 valence electrons. The first-order valence-electron chi connectivity index (χ1n) is 6.33. The first-order valence-corrected chi connectivity index (χ1v) is 6.33. The number of rotatable bonds is 2. The summed E-state index contributed by atoms with van der Waals surface area (Å²) in [5.74, 6) is 1.26. The van der Waals surface area contributed by atoms with Crippen LogP contribution in [0.4, 0.5) is 5.95 Å². The third-order valence-corrected chi connectivity index (χ3v) is 3.15. The summed E-state index contributed by atoms with van der Waals surface area (Å²) in [7, 11) is 0. The quantitative estimate of drug-likeness (QED) is 0.705. The Bertz CT molecular complexity index is 618. The van der Waals surface area contributed by atoms with Gasteiger partial charge in [-0.3, -0.25) is 9.89 Å². The van der Waals surface area contributed by atoms with E-state index in [-0.39, 0.29) is 5.56 Å². The zero-order chi connectivity index (χ0) is 13.2. The number of nitrogens with zero attached hydrogens (tertiary/aromatic N) is 3. The Labute approximate surface area is 110 Å². The van der Waals surface area contributed by atoms with Crippen LogP contribution < -0.4 is 15.8 Å². The van der Waals surface area contributed by atoms with Gasteiger partial charge in [-0.2, -0.15) is 4.98 Å². The highest BCUT2D eigenvalue weighted by molar-refractivity contribution is 5.50. The molecule has 19 heavy (non-hydrogen) atoms. The van der Waals surface area contributed by atoms with E-state index >= 15 is 0 Å². The molecule has 0 aromatic carbocycles. The number of pyridine rings is 1. The molecule has 1 aliphatic heterocycles. The van der Waals surface area contributed by atoms with Crippen LogP contribution >= 0.6 is 0 Å². The van der Waals surface area contributed by atoms with Gasteiger partial charge < -0.3 is 15.2 Å². The molecule has 0 unspecified atom stereocenters. The van der Waals surface area contributed by atoms with Gasteiger partial charge in [-0.1, -0.05) is 6.07 Å². The summed E-state index contributed by atoms with van der Waals surface area (Å²) >= 11 is 0. The number of H-pyrrole nitrogens is 2. The maximum atomic E-state index is 11.3. The van der Waals surface area contributed by atoms with Crippen molar-refractivity contribution in [3.8, 4) is 11.5 Å². The van der Waals surface area contributed by atoms with E-state index in [0.717, 1.165) is 19.6 Å².